The largest absolute Gasteiger partial charge is 0.481 e. The van der Waals surface area contributed by atoms with E-state index in [0.717, 1.165) is 44.9 Å². The summed E-state index contributed by atoms with van der Waals surface area (Å²) in [5.74, 6) is -1.38. The topological polar surface area (TPSA) is 57.6 Å². The second-order valence-electron chi connectivity index (χ2n) is 6.83. The molecule has 1 N–H and O–H groups in total. The number of fused-ring (bicyclic) bond motifs is 1. The van der Waals surface area contributed by atoms with Crippen LogP contribution >= 0.6 is 0 Å². The monoisotopic (exact) mass is 315 g/mol. The Morgan fingerprint density at radius 1 is 1.26 bits per heavy atom. The molecule has 0 bridgehead atoms. The highest BCUT2D eigenvalue weighted by Crippen LogP contribution is 2.49. The third-order valence-electron chi connectivity index (χ3n) is 5.52. The number of carboxylic acid groups (broad SMARTS) is 1. The van der Waals surface area contributed by atoms with Gasteiger partial charge in [0.2, 0.25) is 0 Å². The smallest absolute Gasteiger partial charge is 0.313 e. The van der Waals surface area contributed by atoms with Crippen molar-refractivity contribution in [3.8, 4) is 0 Å². The maximum Gasteiger partial charge on any atom is 0.313 e. The molecule has 1 saturated carbocycles. The first-order valence-corrected chi connectivity index (χ1v) is 8.75. The molecule has 1 heterocycles. The fourth-order valence-electron chi connectivity index (χ4n) is 4.46. The van der Waals surface area contributed by atoms with Gasteiger partial charge >= 0.3 is 5.97 Å². The number of carbonyl (C=O) groups excluding carboxylic acids is 1. The molecule has 1 aliphatic carbocycles. The summed E-state index contributed by atoms with van der Waals surface area (Å²) in [5.41, 5.74) is 0.747. The Kier molecular flexibility index (Phi) is 4.42. The molecule has 1 aromatic rings. The van der Waals surface area contributed by atoms with Crippen molar-refractivity contribution in [2.75, 3.05) is 6.54 Å². The van der Waals surface area contributed by atoms with E-state index in [1.807, 2.05) is 23.1 Å². The average molecular weight is 315 g/mol. The standard InChI is InChI=1S/C19H25NO3/c1-2-3-13-20-17(21)15-10-6-5-9-14(15)16(18(22)23)19(20)11-7-4-8-12-19/h5-6,9-10,16H,2-4,7-8,11-13H2,1H3,(H,22,23)/t16-/m1/s1. The first-order valence-electron chi connectivity index (χ1n) is 8.75. The van der Waals surface area contributed by atoms with E-state index in [1.54, 1.807) is 6.07 Å². The van der Waals surface area contributed by atoms with Gasteiger partial charge in [-0.2, -0.15) is 0 Å². The molecule has 0 saturated heterocycles. The van der Waals surface area contributed by atoms with Crippen molar-refractivity contribution in [1.82, 2.24) is 4.90 Å². The summed E-state index contributed by atoms with van der Waals surface area (Å²) < 4.78 is 0. The predicted octanol–water partition coefficient (Wildman–Crippen LogP) is 3.81. The molecule has 23 heavy (non-hydrogen) atoms. The lowest BCUT2D eigenvalue weighted by Gasteiger charge is -2.53. The van der Waals surface area contributed by atoms with Gasteiger partial charge in [-0.25, -0.2) is 0 Å². The minimum Gasteiger partial charge on any atom is -0.481 e. The Balaban J connectivity index is 2.15. The fraction of sp³-hybridized carbons (Fsp3) is 0.579. The quantitative estimate of drug-likeness (QED) is 0.919. The summed E-state index contributed by atoms with van der Waals surface area (Å²) in [7, 11) is 0. The van der Waals surface area contributed by atoms with Gasteiger partial charge in [-0.15, -0.1) is 0 Å². The molecule has 1 aromatic carbocycles. The van der Waals surface area contributed by atoms with Gasteiger partial charge < -0.3 is 10.0 Å². The third-order valence-corrected chi connectivity index (χ3v) is 5.52. The van der Waals surface area contributed by atoms with Crippen LogP contribution in [0.25, 0.3) is 0 Å². The Hall–Kier alpha value is -1.84. The highest BCUT2D eigenvalue weighted by Gasteiger charge is 2.54. The van der Waals surface area contributed by atoms with Gasteiger partial charge in [0.15, 0.2) is 0 Å². The molecule has 0 aromatic heterocycles. The van der Waals surface area contributed by atoms with Crippen LogP contribution in [0, 0.1) is 0 Å². The number of benzene rings is 1. The van der Waals surface area contributed by atoms with Crippen LogP contribution in [0.15, 0.2) is 24.3 Å². The molecule has 0 unspecified atom stereocenters. The summed E-state index contributed by atoms with van der Waals surface area (Å²) in [6.07, 6.45) is 6.65. The lowest BCUT2D eigenvalue weighted by Crippen LogP contribution is -2.61. The van der Waals surface area contributed by atoms with Crippen molar-refractivity contribution in [3.05, 3.63) is 35.4 Å². The molecule has 0 radical (unpaired) electrons. The number of carbonyl (C=O) groups is 2. The van der Waals surface area contributed by atoms with Crippen molar-refractivity contribution < 1.29 is 14.7 Å². The molecule has 2 aliphatic rings. The van der Waals surface area contributed by atoms with Crippen LogP contribution in [-0.2, 0) is 4.79 Å². The van der Waals surface area contributed by atoms with Gasteiger partial charge in [0.1, 0.15) is 5.92 Å². The number of amides is 1. The van der Waals surface area contributed by atoms with Gasteiger partial charge in [-0.3, -0.25) is 9.59 Å². The summed E-state index contributed by atoms with van der Waals surface area (Å²) in [5, 5.41) is 9.99. The molecule has 4 heteroatoms. The lowest BCUT2D eigenvalue weighted by molar-refractivity contribution is -0.144. The number of hydrogen-bond acceptors (Lipinski definition) is 2. The van der Waals surface area contributed by atoms with Crippen LogP contribution in [0.5, 0.6) is 0 Å². The second-order valence-corrected chi connectivity index (χ2v) is 6.83. The van der Waals surface area contributed by atoms with Gasteiger partial charge in [-0.05, 0) is 30.9 Å². The Morgan fingerprint density at radius 2 is 1.96 bits per heavy atom. The van der Waals surface area contributed by atoms with Gasteiger partial charge in [0, 0.05) is 12.1 Å². The number of nitrogens with zero attached hydrogens (tertiary/aromatic N) is 1. The molecule has 1 fully saturated rings. The number of unbranched alkanes of at least 4 members (excludes halogenated alkanes) is 1. The second kappa shape index (κ2) is 6.34. The minimum atomic E-state index is -0.798. The van der Waals surface area contributed by atoms with Gasteiger partial charge in [0.25, 0.3) is 5.91 Å². The molecular weight excluding hydrogens is 290 g/mol. The SMILES string of the molecule is CCCCN1C(=O)c2ccccc2[C@H](C(=O)O)C12CCCCC2. The number of hydrogen-bond donors (Lipinski definition) is 1. The van der Waals surface area contributed by atoms with Crippen LogP contribution in [-0.4, -0.2) is 34.0 Å². The summed E-state index contributed by atoms with van der Waals surface area (Å²) >= 11 is 0. The van der Waals surface area contributed by atoms with Crippen molar-refractivity contribution >= 4 is 11.9 Å². The number of aliphatic carboxylic acids is 1. The Morgan fingerprint density at radius 3 is 2.61 bits per heavy atom. The van der Waals surface area contributed by atoms with E-state index in [1.165, 1.54) is 0 Å². The molecule has 1 spiro atoms. The molecule has 1 atom stereocenters. The molecule has 4 nitrogen and oxygen atoms in total. The maximum atomic E-state index is 13.1. The molecule has 1 amide bonds. The van der Waals surface area contributed by atoms with Crippen LogP contribution in [0.2, 0.25) is 0 Å². The zero-order valence-electron chi connectivity index (χ0n) is 13.8. The predicted molar refractivity (Wildman–Crippen MR) is 88.6 cm³/mol. The molecular formula is C19H25NO3. The van der Waals surface area contributed by atoms with Gasteiger partial charge in [-0.1, -0.05) is 50.8 Å². The zero-order chi connectivity index (χ0) is 16.4. The Bertz CT molecular complexity index is 604. The summed E-state index contributed by atoms with van der Waals surface area (Å²) in [6, 6.07) is 7.29. The summed E-state index contributed by atoms with van der Waals surface area (Å²) in [4.78, 5) is 27.2. The minimum absolute atomic E-state index is 0.0217. The molecule has 1 aliphatic heterocycles. The van der Waals surface area contributed by atoms with E-state index in [-0.39, 0.29) is 5.91 Å². The van der Waals surface area contributed by atoms with E-state index in [9.17, 15) is 14.7 Å². The fourth-order valence-corrected chi connectivity index (χ4v) is 4.46. The van der Waals surface area contributed by atoms with Crippen LogP contribution < -0.4 is 0 Å². The molecule has 124 valence electrons. The van der Waals surface area contributed by atoms with E-state index in [4.69, 9.17) is 0 Å². The zero-order valence-corrected chi connectivity index (χ0v) is 13.8. The number of carboxylic acids is 1. The highest BCUT2D eigenvalue weighted by atomic mass is 16.4. The van der Waals surface area contributed by atoms with Crippen LogP contribution in [0.1, 0.15) is 73.7 Å². The lowest BCUT2D eigenvalue weighted by atomic mass is 9.65. The third kappa shape index (κ3) is 2.54. The molecule has 3 rings (SSSR count). The number of rotatable bonds is 4. The van der Waals surface area contributed by atoms with E-state index >= 15 is 0 Å². The van der Waals surface area contributed by atoms with Crippen molar-refractivity contribution in [3.63, 3.8) is 0 Å². The van der Waals surface area contributed by atoms with E-state index < -0.39 is 17.4 Å². The average Bonchev–Trinajstić information content (AvgIpc) is 2.55. The van der Waals surface area contributed by atoms with Crippen LogP contribution in [0.4, 0.5) is 0 Å². The van der Waals surface area contributed by atoms with Crippen LogP contribution in [0.3, 0.4) is 0 Å². The van der Waals surface area contributed by atoms with E-state index in [2.05, 4.69) is 6.92 Å². The summed E-state index contributed by atoms with van der Waals surface area (Å²) in [6.45, 7) is 2.76. The van der Waals surface area contributed by atoms with Crippen molar-refractivity contribution in [2.45, 2.75) is 63.3 Å². The highest BCUT2D eigenvalue weighted by molar-refractivity contribution is 6.01. The normalized spacial score (nSPS) is 22.9. The first kappa shape index (κ1) is 16.0. The van der Waals surface area contributed by atoms with Gasteiger partial charge in [0.05, 0.1) is 5.54 Å². The van der Waals surface area contributed by atoms with Crippen molar-refractivity contribution in [1.29, 1.82) is 0 Å². The Labute approximate surface area is 137 Å². The maximum absolute atomic E-state index is 13.1. The van der Waals surface area contributed by atoms with E-state index in [0.29, 0.717) is 17.7 Å². The van der Waals surface area contributed by atoms with Crippen molar-refractivity contribution in [2.24, 2.45) is 0 Å². The first-order chi connectivity index (χ1) is 11.1.